The number of carbonyl (C=O) groups is 2. The third kappa shape index (κ3) is 59.2. The largest absolute Gasteiger partial charge is 0.466 e. The van der Waals surface area contributed by atoms with Gasteiger partial charge in [-0.1, -0.05) is 301 Å². The maximum atomic E-state index is 12.5. The molecule has 73 heavy (non-hydrogen) atoms. The quantitative estimate of drug-likeness (QED) is 0.0320. The molecule has 0 aromatic carbocycles. The van der Waals surface area contributed by atoms with Gasteiger partial charge in [-0.05, 0) is 77.0 Å². The van der Waals surface area contributed by atoms with Crippen LogP contribution in [0.25, 0.3) is 0 Å². The molecule has 1 amide bonds. The zero-order valence-electron chi connectivity index (χ0n) is 49.1. The zero-order chi connectivity index (χ0) is 52.9. The average Bonchev–Trinajstić information content (AvgIpc) is 3.39. The van der Waals surface area contributed by atoms with Crippen molar-refractivity contribution in [2.24, 2.45) is 0 Å². The van der Waals surface area contributed by atoms with Gasteiger partial charge in [0, 0.05) is 12.8 Å². The van der Waals surface area contributed by atoms with Crippen LogP contribution in [0.3, 0.4) is 0 Å². The first-order chi connectivity index (χ1) is 36.0. The van der Waals surface area contributed by atoms with Crippen LogP contribution in [0.4, 0.5) is 0 Å². The maximum Gasteiger partial charge on any atom is 0.305 e. The molecule has 0 rings (SSSR count). The molecule has 6 nitrogen and oxygen atoms in total. The number of hydrogen-bond acceptors (Lipinski definition) is 5. The third-order valence-electron chi connectivity index (χ3n) is 15.2. The summed E-state index contributed by atoms with van der Waals surface area (Å²) < 4.78 is 5.48. The van der Waals surface area contributed by atoms with E-state index in [2.05, 4.69) is 55.6 Å². The van der Waals surface area contributed by atoms with Gasteiger partial charge in [0.05, 0.1) is 25.4 Å². The van der Waals surface area contributed by atoms with Crippen molar-refractivity contribution in [3.05, 3.63) is 36.5 Å². The molecule has 0 aromatic heterocycles. The van der Waals surface area contributed by atoms with Gasteiger partial charge in [-0.2, -0.15) is 0 Å². The van der Waals surface area contributed by atoms with Gasteiger partial charge < -0.3 is 20.3 Å². The van der Waals surface area contributed by atoms with E-state index < -0.39 is 12.1 Å². The fourth-order valence-corrected chi connectivity index (χ4v) is 10.1. The van der Waals surface area contributed by atoms with Crippen molar-refractivity contribution < 1.29 is 24.5 Å². The summed E-state index contributed by atoms with van der Waals surface area (Å²) in [6.45, 7) is 4.91. The Balaban J connectivity index is 3.34. The predicted molar refractivity (Wildman–Crippen MR) is 319 cm³/mol. The second kappa shape index (κ2) is 62.6. The Labute approximate surface area is 455 Å². The summed E-state index contributed by atoms with van der Waals surface area (Å²) in [7, 11) is 0. The normalized spacial score (nSPS) is 12.8. The Morgan fingerprint density at radius 2 is 0.699 bits per heavy atom. The molecule has 2 atom stereocenters. The number of esters is 1. The van der Waals surface area contributed by atoms with Crippen LogP contribution in [-0.4, -0.2) is 47.4 Å². The second-order valence-corrected chi connectivity index (χ2v) is 22.4. The molecular formula is C67H127NO5. The van der Waals surface area contributed by atoms with E-state index in [9.17, 15) is 19.8 Å². The summed E-state index contributed by atoms with van der Waals surface area (Å²) in [5.41, 5.74) is 0. The van der Waals surface area contributed by atoms with E-state index >= 15 is 0 Å². The zero-order valence-corrected chi connectivity index (χ0v) is 49.1. The number of nitrogens with one attached hydrogen (secondary N) is 1. The number of aliphatic hydroxyl groups is 2. The SMILES string of the molecule is CCCC/C=C\C/C=C\CCCCCCCC(=O)OCCCCCCCCCCCCCC/C=C\CCCCCCCCCCCCCCCCCC(=O)NC(CO)C(O)CCCCCCCCCCCCC. The average molecular weight is 1030 g/mol. The summed E-state index contributed by atoms with van der Waals surface area (Å²) in [6, 6.07) is -0.538. The van der Waals surface area contributed by atoms with Gasteiger partial charge in [-0.25, -0.2) is 0 Å². The number of amides is 1. The molecule has 2 unspecified atom stereocenters. The molecule has 0 fully saturated rings. The first kappa shape index (κ1) is 71.1. The molecule has 0 bridgehead atoms. The van der Waals surface area contributed by atoms with E-state index in [0.29, 0.717) is 25.9 Å². The van der Waals surface area contributed by atoms with Crippen LogP contribution in [0, 0.1) is 0 Å². The van der Waals surface area contributed by atoms with Crippen molar-refractivity contribution in [1.82, 2.24) is 5.32 Å². The van der Waals surface area contributed by atoms with E-state index in [4.69, 9.17) is 4.74 Å². The van der Waals surface area contributed by atoms with E-state index in [1.54, 1.807) is 0 Å². The van der Waals surface area contributed by atoms with Crippen molar-refractivity contribution in [2.45, 2.75) is 366 Å². The maximum absolute atomic E-state index is 12.5. The van der Waals surface area contributed by atoms with Gasteiger partial charge in [0.2, 0.25) is 5.91 Å². The molecule has 0 aliphatic carbocycles. The Morgan fingerprint density at radius 1 is 0.384 bits per heavy atom. The van der Waals surface area contributed by atoms with Crippen molar-refractivity contribution >= 4 is 11.9 Å². The third-order valence-corrected chi connectivity index (χ3v) is 15.2. The molecule has 0 aliphatic heterocycles. The molecule has 0 saturated heterocycles. The highest BCUT2D eigenvalue weighted by Crippen LogP contribution is 2.18. The van der Waals surface area contributed by atoms with E-state index in [1.165, 1.54) is 270 Å². The van der Waals surface area contributed by atoms with Gasteiger partial charge in [-0.3, -0.25) is 9.59 Å². The van der Waals surface area contributed by atoms with Gasteiger partial charge >= 0.3 is 5.97 Å². The lowest BCUT2D eigenvalue weighted by Gasteiger charge is -2.22. The fraction of sp³-hybridized carbons (Fsp3) is 0.881. The second-order valence-electron chi connectivity index (χ2n) is 22.4. The number of carbonyl (C=O) groups excluding carboxylic acids is 2. The van der Waals surface area contributed by atoms with E-state index in [0.717, 1.165) is 51.4 Å². The van der Waals surface area contributed by atoms with Crippen molar-refractivity contribution in [2.75, 3.05) is 13.2 Å². The van der Waals surface area contributed by atoms with Crippen LogP contribution in [-0.2, 0) is 14.3 Å². The summed E-state index contributed by atoms with van der Waals surface area (Å²) in [6.07, 6.45) is 79.0. The number of aliphatic hydroxyl groups excluding tert-OH is 2. The lowest BCUT2D eigenvalue weighted by atomic mass is 10.0. The minimum Gasteiger partial charge on any atom is -0.466 e. The predicted octanol–water partition coefficient (Wildman–Crippen LogP) is 20.8. The molecule has 0 spiro atoms. The number of ether oxygens (including phenoxy) is 1. The summed E-state index contributed by atoms with van der Waals surface area (Å²) in [4.78, 5) is 24.5. The molecular weight excluding hydrogens is 899 g/mol. The molecule has 0 radical (unpaired) electrons. The van der Waals surface area contributed by atoms with Crippen LogP contribution in [0.2, 0.25) is 0 Å². The van der Waals surface area contributed by atoms with Crippen molar-refractivity contribution in [1.29, 1.82) is 0 Å². The van der Waals surface area contributed by atoms with Gasteiger partial charge in [-0.15, -0.1) is 0 Å². The minimum absolute atomic E-state index is 0.00299. The fourth-order valence-electron chi connectivity index (χ4n) is 10.1. The molecule has 0 aliphatic rings. The van der Waals surface area contributed by atoms with Crippen molar-refractivity contribution in [3.8, 4) is 0 Å². The van der Waals surface area contributed by atoms with E-state index in [-0.39, 0.29) is 18.5 Å². The van der Waals surface area contributed by atoms with Crippen LogP contribution >= 0.6 is 0 Å². The number of unbranched alkanes of at least 4 members (excludes halogenated alkanes) is 44. The first-order valence-corrected chi connectivity index (χ1v) is 32.7. The van der Waals surface area contributed by atoms with Gasteiger partial charge in [0.25, 0.3) is 0 Å². The molecule has 0 saturated carbocycles. The lowest BCUT2D eigenvalue weighted by Crippen LogP contribution is -2.45. The van der Waals surface area contributed by atoms with Crippen LogP contribution in [0.5, 0.6) is 0 Å². The number of hydrogen-bond donors (Lipinski definition) is 3. The summed E-state index contributed by atoms with van der Waals surface area (Å²) >= 11 is 0. The van der Waals surface area contributed by atoms with Crippen LogP contribution < -0.4 is 5.32 Å². The topological polar surface area (TPSA) is 95.9 Å². The Hall–Kier alpha value is -1.92. The van der Waals surface area contributed by atoms with Gasteiger partial charge in [0.15, 0.2) is 0 Å². The van der Waals surface area contributed by atoms with E-state index in [1.807, 2.05) is 0 Å². The molecule has 0 aromatic rings. The highest BCUT2D eigenvalue weighted by molar-refractivity contribution is 5.76. The molecule has 0 heterocycles. The Kier molecular flexibility index (Phi) is 61.0. The molecule has 3 N–H and O–H groups in total. The molecule has 430 valence electrons. The Bertz CT molecular complexity index is 1180. The van der Waals surface area contributed by atoms with Crippen LogP contribution in [0.1, 0.15) is 354 Å². The summed E-state index contributed by atoms with van der Waals surface area (Å²) in [5, 5.41) is 23.2. The van der Waals surface area contributed by atoms with Crippen molar-refractivity contribution in [3.63, 3.8) is 0 Å². The number of allylic oxidation sites excluding steroid dienone is 6. The highest BCUT2D eigenvalue weighted by atomic mass is 16.5. The van der Waals surface area contributed by atoms with Crippen LogP contribution in [0.15, 0.2) is 36.5 Å². The number of rotatable bonds is 61. The summed E-state index contributed by atoms with van der Waals surface area (Å²) in [5.74, 6) is -0.0299. The van der Waals surface area contributed by atoms with Gasteiger partial charge in [0.1, 0.15) is 0 Å². The monoisotopic (exact) mass is 1030 g/mol. The highest BCUT2D eigenvalue weighted by Gasteiger charge is 2.20. The Morgan fingerprint density at radius 3 is 1.10 bits per heavy atom. The smallest absolute Gasteiger partial charge is 0.305 e. The first-order valence-electron chi connectivity index (χ1n) is 32.7. The lowest BCUT2D eigenvalue weighted by molar-refractivity contribution is -0.143. The standard InChI is InChI=1S/C67H127NO5/c1-3-5-7-9-11-13-15-16-37-41-45-49-53-57-61-67(72)73-62-58-54-50-46-42-38-35-33-31-29-27-25-23-21-19-17-18-20-22-24-26-28-30-32-34-36-40-44-48-52-56-60-66(71)68-64(63-69)65(70)59-55-51-47-43-39-14-12-10-8-6-4-2/h9,11,15-16,19,21,64-65,69-70H,3-8,10,12-14,17-18,20,22-63H2,1-2H3,(H,68,71)/b11-9-,16-15-,21-19-. The minimum atomic E-state index is -0.661. The molecule has 6 heteroatoms.